The second kappa shape index (κ2) is 8.17. The number of hydrogen-bond acceptors (Lipinski definition) is 4. The van der Waals surface area contributed by atoms with Crippen LogP contribution in [0.1, 0.15) is 18.9 Å². The summed E-state index contributed by atoms with van der Waals surface area (Å²) in [5.41, 5.74) is 0.805. The summed E-state index contributed by atoms with van der Waals surface area (Å²) in [7, 11) is 3.43. The minimum absolute atomic E-state index is 0.268. The Balaban J connectivity index is 1.99. The van der Waals surface area contributed by atoms with Crippen LogP contribution in [0.25, 0.3) is 0 Å². The molecule has 0 aliphatic carbocycles. The third-order valence-corrected chi connectivity index (χ3v) is 5.20. The molecule has 1 heterocycles. The fourth-order valence-corrected chi connectivity index (χ4v) is 3.68. The van der Waals surface area contributed by atoms with E-state index in [-0.39, 0.29) is 5.75 Å². The first kappa shape index (κ1) is 16.8. The molecule has 1 aromatic rings. The molecule has 0 bridgehead atoms. The highest BCUT2D eigenvalue weighted by atomic mass is 32.2. The average molecular weight is 323 g/mol. The van der Waals surface area contributed by atoms with E-state index in [1.54, 1.807) is 26.3 Å². The van der Waals surface area contributed by atoms with E-state index in [2.05, 4.69) is 22.1 Å². The smallest absolute Gasteiger partial charge is 0.193 e. The van der Waals surface area contributed by atoms with Crippen molar-refractivity contribution in [2.24, 2.45) is 4.99 Å². The Morgan fingerprint density at radius 2 is 2.36 bits per heavy atom. The zero-order valence-corrected chi connectivity index (χ0v) is 14.3. The van der Waals surface area contributed by atoms with Gasteiger partial charge < -0.3 is 20.1 Å². The number of nitrogens with one attached hydrogen (secondary N) is 1. The van der Waals surface area contributed by atoms with Crippen LogP contribution < -0.4 is 10.1 Å². The number of aliphatic imine (C=N–C) groups is 1. The Morgan fingerprint density at radius 1 is 1.55 bits per heavy atom. The van der Waals surface area contributed by atoms with Crippen molar-refractivity contribution in [1.29, 1.82) is 0 Å². The Hall–Kier alpha value is -1.56. The maximum Gasteiger partial charge on any atom is 0.193 e. The number of thioether (sulfide) groups is 1. The van der Waals surface area contributed by atoms with Gasteiger partial charge in [-0.1, -0.05) is 6.92 Å². The van der Waals surface area contributed by atoms with Crippen LogP contribution in [-0.2, 0) is 6.54 Å². The van der Waals surface area contributed by atoms with Gasteiger partial charge in [0.25, 0.3) is 0 Å². The van der Waals surface area contributed by atoms with E-state index in [0.29, 0.717) is 11.8 Å². The van der Waals surface area contributed by atoms with Crippen LogP contribution in [0.5, 0.6) is 11.5 Å². The SMILES string of the molecule is CCC1CN(C(=NC)NCc2cc(OC)ccc2O)CCS1. The maximum atomic E-state index is 9.95. The summed E-state index contributed by atoms with van der Waals surface area (Å²) >= 11 is 2.04. The van der Waals surface area contributed by atoms with Crippen LogP contribution in [0.2, 0.25) is 0 Å². The highest BCUT2D eigenvalue weighted by molar-refractivity contribution is 8.00. The van der Waals surface area contributed by atoms with Gasteiger partial charge in [0, 0.05) is 43.2 Å². The maximum absolute atomic E-state index is 9.95. The van der Waals surface area contributed by atoms with Crippen LogP contribution in [-0.4, -0.2) is 54.2 Å². The van der Waals surface area contributed by atoms with E-state index in [4.69, 9.17) is 4.74 Å². The van der Waals surface area contributed by atoms with E-state index in [1.807, 2.05) is 17.8 Å². The molecule has 1 aliphatic heterocycles. The zero-order valence-electron chi connectivity index (χ0n) is 13.5. The molecule has 6 heteroatoms. The average Bonchev–Trinajstić information content (AvgIpc) is 2.57. The predicted molar refractivity (Wildman–Crippen MR) is 93.0 cm³/mol. The van der Waals surface area contributed by atoms with Gasteiger partial charge in [-0.2, -0.15) is 11.8 Å². The van der Waals surface area contributed by atoms with Crippen molar-refractivity contribution < 1.29 is 9.84 Å². The summed E-state index contributed by atoms with van der Waals surface area (Å²) < 4.78 is 5.21. The second-order valence-corrected chi connectivity index (χ2v) is 6.65. The third kappa shape index (κ3) is 4.22. The lowest BCUT2D eigenvalue weighted by Crippen LogP contribution is -2.47. The van der Waals surface area contributed by atoms with Crippen LogP contribution in [0.3, 0.4) is 0 Å². The van der Waals surface area contributed by atoms with Crippen molar-refractivity contribution in [3.63, 3.8) is 0 Å². The number of phenols is 1. The van der Waals surface area contributed by atoms with Crippen LogP contribution in [0.15, 0.2) is 23.2 Å². The van der Waals surface area contributed by atoms with Gasteiger partial charge in [0.1, 0.15) is 11.5 Å². The molecule has 0 saturated carbocycles. The number of guanidine groups is 1. The monoisotopic (exact) mass is 323 g/mol. The van der Waals surface area contributed by atoms with Crippen LogP contribution in [0.4, 0.5) is 0 Å². The second-order valence-electron chi connectivity index (χ2n) is 5.24. The van der Waals surface area contributed by atoms with Gasteiger partial charge in [-0.25, -0.2) is 0 Å². The molecule has 1 unspecified atom stereocenters. The summed E-state index contributed by atoms with van der Waals surface area (Å²) in [6.07, 6.45) is 1.18. The van der Waals surface area contributed by atoms with Crippen molar-refractivity contribution in [3.05, 3.63) is 23.8 Å². The number of methoxy groups -OCH3 is 1. The highest BCUT2D eigenvalue weighted by Gasteiger charge is 2.21. The number of aromatic hydroxyl groups is 1. The fourth-order valence-electron chi connectivity index (χ4n) is 2.50. The molecule has 1 saturated heterocycles. The Bertz CT molecular complexity index is 522. The van der Waals surface area contributed by atoms with Gasteiger partial charge in [-0.05, 0) is 24.6 Å². The molecule has 2 rings (SSSR count). The molecule has 0 spiro atoms. The van der Waals surface area contributed by atoms with Gasteiger partial charge >= 0.3 is 0 Å². The van der Waals surface area contributed by atoms with Crippen molar-refractivity contribution in [3.8, 4) is 11.5 Å². The lowest BCUT2D eigenvalue weighted by Gasteiger charge is -2.34. The topological polar surface area (TPSA) is 57.1 Å². The van der Waals surface area contributed by atoms with Gasteiger partial charge in [-0.3, -0.25) is 4.99 Å². The summed E-state index contributed by atoms with van der Waals surface area (Å²) in [5.74, 6) is 3.03. The Morgan fingerprint density at radius 3 is 3.05 bits per heavy atom. The lowest BCUT2D eigenvalue weighted by atomic mass is 10.2. The normalized spacial score (nSPS) is 19.1. The number of hydrogen-bond donors (Lipinski definition) is 2. The molecule has 5 nitrogen and oxygen atoms in total. The standard InChI is InChI=1S/C16H25N3O2S/c1-4-14-11-19(7-8-22-14)16(17-2)18-10-12-9-13(21-3)5-6-15(12)20/h5-6,9,14,20H,4,7-8,10-11H2,1-3H3,(H,17,18). The molecule has 122 valence electrons. The third-order valence-electron chi connectivity index (χ3n) is 3.83. The molecule has 0 aromatic heterocycles. The zero-order chi connectivity index (χ0) is 15.9. The minimum atomic E-state index is 0.268. The Labute approximate surface area is 136 Å². The predicted octanol–water partition coefficient (Wildman–Crippen LogP) is 2.30. The molecule has 1 aromatic carbocycles. The molecular weight excluding hydrogens is 298 g/mol. The van der Waals surface area contributed by atoms with Gasteiger partial charge in [-0.15, -0.1) is 0 Å². The largest absolute Gasteiger partial charge is 0.508 e. The summed E-state index contributed by atoms with van der Waals surface area (Å²) in [5, 5.41) is 14.0. The summed E-state index contributed by atoms with van der Waals surface area (Å²) in [6.45, 7) is 4.78. The molecule has 2 N–H and O–H groups in total. The Kier molecular flexibility index (Phi) is 6.24. The van der Waals surface area contributed by atoms with E-state index in [1.165, 1.54) is 6.42 Å². The number of ether oxygens (including phenoxy) is 1. The van der Waals surface area contributed by atoms with Crippen molar-refractivity contribution in [2.75, 3.05) is 33.0 Å². The lowest BCUT2D eigenvalue weighted by molar-refractivity contribution is 0.404. The molecule has 1 atom stereocenters. The van der Waals surface area contributed by atoms with Crippen LogP contribution >= 0.6 is 11.8 Å². The molecule has 22 heavy (non-hydrogen) atoms. The molecular formula is C16H25N3O2S. The molecule has 1 fully saturated rings. The fraction of sp³-hybridized carbons (Fsp3) is 0.562. The molecule has 0 radical (unpaired) electrons. The highest BCUT2D eigenvalue weighted by Crippen LogP contribution is 2.23. The van der Waals surface area contributed by atoms with Gasteiger partial charge in [0.2, 0.25) is 0 Å². The first-order valence-electron chi connectivity index (χ1n) is 7.61. The van der Waals surface area contributed by atoms with Crippen LogP contribution in [0, 0.1) is 0 Å². The van der Waals surface area contributed by atoms with Crippen molar-refractivity contribution in [1.82, 2.24) is 10.2 Å². The summed E-state index contributed by atoms with van der Waals surface area (Å²) in [6, 6.07) is 5.25. The number of phenolic OH excluding ortho intramolecular Hbond substituents is 1. The van der Waals surface area contributed by atoms with E-state index in [9.17, 15) is 5.11 Å². The van der Waals surface area contributed by atoms with Crippen molar-refractivity contribution in [2.45, 2.75) is 25.1 Å². The number of benzene rings is 1. The minimum Gasteiger partial charge on any atom is -0.508 e. The van der Waals surface area contributed by atoms with Crippen molar-refractivity contribution >= 4 is 17.7 Å². The number of rotatable bonds is 4. The summed E-state index contributed by atoms with van der Waals surface area (Å²) in [4.78, 5) is 6.67. The van der Waals surface area contributed by atoms with E-state index >= 15 is 0 Å². The van der Waals surface area contributed by atoms with Gasteiger partial charge in [0.15, 0.2) is 5.96 Å². The molecule has 0 amide bonds. The molecule has 1 aliphatic rings. The quantitative estimate of drug-likeness (QED) is 0.658. The number of nitrogens with zero attached hydrogens (tertiary/aromatic N) is 2. The van der Waals surface area contributed by atoms with E-state index < -0.39 is 0 Å². The van der Waals surface area contributed by atoms with Gasteiger partial charge in [0.05, 0.1) is 7.11 Å². The van der Waals surface area contributed by atoms with E-state index in [0.717, 1.165) is 36.1 Å². The first-order chi connectivity index (χ1) is 10.7. The first-order valence-corrected chi connectivity index (χ1v) is 8.65.